The van der Waals surface area contributed by atoms with E-state index >= 15 is 0 Å². The molecule has 1 aromatic rings. The summed E-state index contributed by atoms with van der Waals surface area (Å²) in [5.41, 5.74) is 4.18. The SMILES string of the molecule is CCc1cccc(N(C)C)c1C. The van der Waals surface area contributed by atoms with E-state index < -0.39 is 0 Å². The molecule has 0 saturated heterocycles. The quantitative estimate of drug-likeness (QED) is 0.648. The van der Waals surface area contributed by atoms with Crippen molar-refractivity contribution in [3.8, 4) is 0 Å². The van der Waals surface area contributed by atoms with Gasteiger partial charge in [-0.25, -0.2) is 0 Å². The third-order valence-electron chi connectivity index (χ3n) is 2.28. The average molecular weight is 163 g/mol. The second-order valence-corrected chi connectivity index (χ2v) is 3.31. The summed E-state index contributed by atoms with van der Waals surface area (Å²) in [7, 11) is 4.17. The average Bonchev–Trinajstić information content (AvgIpc) is 2.04. The Morgan fingerprint density at radius 2 is 1.92 bits per heavy atom. The van der Waals surface area contributed by atoms with Crippen molar-refractivity contribution >= 4 is 5.69 Å². The molecular formula is C11H17N. The van der Waals surface area contributed by atoms with E-state index in [4.69, 9.17) is 0 Å². The number of anilines is 1. The van der Waals surface area contributed by atoms with Gasteiger partial charge >= 0.3 is 0 Å². The minimum absolute atomic E-state index is 1.12. The van der Waals surface area contributed by atoms with Crippen LogP contribution in [0.25, 0.3) is 0 Å². The molecule has 0 aliphatic rings. The van der Waals surface area contributed by atoms with E-state index in [1.807, 2.05) is 0 Å². The van der Waals surface area contributed by atoms with Crippen LogP contribution in [0.4, 0.5) is 5.69 Å². The zero-order valence-corrected chi connectivity index (χ0v) is 8.39. The normalized spacial score (nSPS) is 10.0. The summed E-state index contributed by atoms with van der Waals surface area (Å²) >= 11 is 0. The summed E-state index contributed by atoms with van der Waals surface area (Å²) in [6.07, 6.45) is 1.12. The summed E-state index contributed by atoms with van der Waals surface area (Å²) in [5, 5.41) is 0. The molecule has 0 N–H and O–H groups in total. The molecule has 1 nitrogen and oxygen atoms in total. The lowest BCUT2D eigenvalue weighted by Gasteiger charge is -2.17. The monoisotopic (exact) mass is 163 g/mol. The van der Waals surface area contributed by atoms with Crippen LogP contribution in [-0.4, -0.2) is 14.1 Å². The topological polar surface area (TPSA) is 3.24 Å². The summed E-state index contributed by atoms with van der Waals surface area (Å²) in [6, 6.07) is 6.48. The molecule has 1 aromatic carbocycles. The van der Waals surface area contributed by atoms with E-state index in [9.17, 15) is 0 Å². The highest BCUT2D eigenvalue weighted by Crippen LogP contribution is 2.21. The molecule has 0 aromatic heterocycles. The summed E-state index contributed by atoms with van der Waals surface area (Å²) in [5.74, 6) is 0. The van der Waals surface area contributed by atoms with Gasteiger partial charge in [-0.05, 0) is 30.5 Å². The second kappa shape index (κ2) is 3.61. The maximum atomic E-state index is 2.20. The molecule has 1 heteroatoms. The van der Waals surface area contributed by atoms with Crippen LogP contribution in [0.3, 0.4) is 0 Å². The minimum Gasteiger partial charge on any atom is -0.377 e. The van der Waals surface area contributed by atoms with Crippen LogP contribution in [0, 0.1) is 6.92 Å². The van der Waals surface area contributed by atoms with Crippen molar-refractivity contribution in [2.75, 3.05) is 19.0 Å². The lowest BCUT2D eigenvalue weighted by molar-refractivity contribution is 1.06. The molecule has 0 bridgehead atoms. The maximum absolute atomic E-state index is 2.20. The Kier molecular flexibility index (Phi) is 2.74. The van der Waals surface area contributed by atoms with Crippen molar-refractivity contribution in [2.24, 2.45) is 0 Å². The molecular weight excluding hydrogens is 146 g/mol. The van der Waals surface area contributed by atoms with E-state index in [2.05, 4.69) is 51.0 Å². The number of aryl methyl sites for hydroxylation is 1. The van der Waals surface area contributed by atoms with Gasteiger partial charge in [-0.15, -0.1) is 0 Å². The lowest BCUT2D eigenvalue weighted by Crippen LogP contribution is -2.10. The first-order valence-electron chi connectivity index (χ1n) is 4.42. The van der Waals surface area contributed by atoms with Crippen LogP contribution >= 0.6 is 0 Å². The Balaban J connectivity index is 3.14. The zero-order valence-electron chi connectivity index (χ0n) is 8.39. The summed E-state index contributed by atoms with van der Waals surface area (Å²) < 4.78 is 0. The van der Waals surface area contributed by atoms with Gasteiger partial charge in [0.25, 0.3) is 0 Å². The Morgan fingerprint density at radius 3 is 2.42 bits per heavy atom. The minimum atomic E-state index is 1.12. The van der Waals surface area contributed by atoms with Crippen molar-refractivity contribution < 1.29 is 0 Å². The highest BCUT2D eigenvalue weighted by Gasteiger charge is 2.02. The molecule has 12 heavy (non-hydrogen) atoms. The zero-order chi connectivity index (χ0) is 9.14. The molecule has 0 heterocycles. The van der Waals surface area contributed by atoms with E-state index in [0.717, 1.165) is 6.42 Å². The fourth-order valence-corrected chi connectivity index (χ4v) is 1.54. The third kappa shape index (κ3) is 1.60. The summed E-state index contributed by atoms with van der Waals surface area (Å²) in [4.78, 5) is 2.16. The molecule has 66 valence electrons. The number of benzene rings is 1. The molecule has 0 radical (unpaired) electrons. The molecule has 0 amide bonds. The predicted octanol–water partition coefficient (Wildman–Crippen LogP) is 2.62. The van der Waals surface area contributed by atoms with Crippen molar-refractivity contribution in [2.45, 2.75) is 20.3 Å². The van der Waals surface area contributed by atoms with Crippen LogP contribution in [-0.2, 0) is 6.42 Å². The van der Waals surface area contributed by atoms with E-state index in [0.29, 0.717) is 0 Å². The van der Waals surface area contributed by atoms with Crippen LogP contribution in [0.1, 0.15) is 18.1 Å². The third-order valence-corrected chi connectivity index (χ3v) is 2.28. The fourth-order valence-electron chi connectivity index (χ4n) is 1.54. The fraction of sp³-hybridized carbons (Fsp3) is 0.455. The van der Waals surface area contributed by atoms with Gasteiger partial charge in [0.15, 0.2) is 0 Å². The Morgan fingerprint density at radius 1 is 1.25 bits per heavy atom. The second-order valence-electron chi connectivity index (χ2n) is 3.31. The van der Waals surface area contributed by atoms with Gasteiger partial charge in [0.2, 0.25) is 0 Å². The number of rotatable bonds is 2. The van der Waals surface area contributed by atoms with Crippen LogP contribution in [0.15, 0.2) is 18.2 Å². The molecule has 0 fully saturated rings. The lowest BCUT2D eigenvalue weighted by atomic mass is 10.0. The molecule has 0 spiro atoms. The largest absolute Gasteiger partial charge is 0.377 e. The number of hydrogen-bond donors (Lipinski definition) is 0. The maximum Gasteiger partial charge on any atom is 0.0393 e. The van der Waals surface area contributed by atoms with Crippen LogP contribution in [0.2, 0.25) is 0 Å². The summed E-state index contributed by atoms with van der Waals surface area (Å²) in [6.45, 7) is 4.38. The van der Waals surface area contributed by atoms with Gasteiger partial charge in [-0.3, -0.25) is 0 Å². The smallest absolute Gasteiger partial charge is 0.0393 e. The highest BCUT2D eigenvalue weighted by atomic mass is 15.1. The van der Waals surface area contributed by atoms with Crippen molar-refractivity contribution in [3.63, 3.8) is 0 Å². The van der Waals surface area contributed by atoms with Crippen molar-refractivity contribution in [1.29, 1.82) is 0 Å². The first-order chi connectivity index (χ1) is 5.66. The van der Waals surface area contributed by atoms with E-state index in [1.54, 1.807) is 0 Å². The van der Waals surface area contributed by atoms with E-state index in [-0.39, 0.29) is 0 Å². The van der Waals surface area contributed by atoms with E-state index in [1.165, 1.54) is 16.8 Å². The van der Waals surface area contributed by atoms with Crippen molar-refractivity contribution in [1.82, 2.24) is 0 Å². The highest BCUT2D eigenvalue weighted by molar-refractivity contribution is 5.55. The van der Waals surface area contributed by atoms with Gasteiger partial charge in [-0.2, -0.15) is 0 Å². The first kappa shape index (κ1) is 9.11. The van der Waals surface area contributed by atoms with Gasteiger partial charge < -0.3 is 4.90 Å². The Hall–Kier alpha value is -0.980. The van der Waals surface area contributed by atoms with Crippen LogP contribution < -0.4 is 4.90 Å². The molecule has 0 atom stereocenters. The number of hydrogen-bond acceptors (Lipinski definition) is 1. The Labute approximate surface area is 75.0 Å². The molecule has 0 unspecified atom stereocenters. The van der Waals surface area contributed by atoms with Gasteiger partial charge in [0.1, 0.15) is 0 Å². The van der Waals surface area contributed by atoms with Gasteiger partial charge in [0, 0.05) is 19.8 Å². The molecule has 0 aliphatic heterocycles. The first-order valence-corrected chi connectivity index (χ1v) is 4.42. The predicted molar refractivity (Wildman–Crippen MR) is 54.9 cm³/mol. The Bertz CT molecular complexity index is 264. The van der Waals surface area contributed by atoms with Gasteiger partial charge in [0.05, 0.1) is 0 Å². The molecule has 0 aliphatic carbocycles. The van der Waals surface area contributed by atoms with Gasteiger partial charge in [-0.1, -0.05) is 19.1 Å². The number of nitrogens with zero attached hydrogens (tertiary/aromatic N) is 1. The van der Waals surface area contributed by atoms with Crippen LogP contribution in [0.5, 0.6) is 0 Å². The van der Waals surface area contributed by atoms with Crippen molar-refractivity contribution in [3.05, 3.63) is 29.3 Å². The standard InChI is InChI=1S/C11H17N/c1-5-10-7-6-8-11(9(10)2)12(3)4/h6-8H,5H2,1-4H3. The molecule has 1 rings (SSSR count). The molecule has 0 saturated carbocycles.